The normalized spacial score (nSPS) is 9.00. The predicted molar refractivity (Wildman–Crippen MR) is 38.4 cm³/mol. The standard InChI is InChI=1S/C4H6B2N2/c5-3-1-4(6)8-2-7-3/h1-2H,5-6H2. The van der Waals surface area contributed by atoms with Crippen molar-refractivity contribution in [2.45, 2.75) is 0 Å². The highest BCUT2D eigenvalue weighted by Crippen LogP contribution is 1.59. The van der Waals surface area contributed by atoms with E-state index in [1.54, 1.807) is 6.33 Å². The van der Waals surface area contributed by atoms with Gasteiger partial charge in [0.25, 0.3) is 0 Å². The van der Waals surface area contributed by atoms with Gasteiger partial charge in [-0.1, -0.05) is 0 Å². The van der Waals surface area contributed by atoms with Gasteiger partial charge in [-0.05, 0) is 17.3 Å². The van der Waals surface area contributed by atoms with E-state index in [2.05, 4.69) is 9.97 Å². The van der Waals surface area contributed by atoms with E-state index in [1.807, 2.05) is 21.8 Å². The number of rotatable bonds is 0. The molecule has 0 saturated heterocycles. The van der Waals surface area contributed by atoms with Crippen LogP contribution in [0.5, 0.6) is 0 Å². The van der Waals surface area contributed by atoms with Crippen molar-refractivity contribution in [2.24, 2.45) is 0 Å². The molecule has 8 heavy (non-hydrogen) atoms. The first-order valence-electron chi connectivity index (χ1n) is 2.54. The van der Waals surface area contributed by atoms with Gasteiger partial charge in [-0.2, -0.15) is 0 Å². The van der Waals surface area contributed by atoms with Crippen molar-refractivity contribution in [3.63, 3.8) is 0 Å². The summed E-state index contributed by atoms with van der Waals surface area (Å²) < 4.78 is 0. The summed E-state index contributed by atoms with van der Waals surface area (Å²) in [6.45, 7) is 0. The molecule has 1 heterocycles. The SMILES string of the molecule is Bc1cc(B)ncn1. The maximum atomic E-state index is 3.93. The Hall–Kier alpha value is -0.790. The van der Waals surface area contributed by atoms with E-state index in [0.29, 0.717) is 0 Å². The van der Waals surface area contributed by atoms with Crippen LogP contribution >= 0.6 is 0 Å². The van der Waals surface area contributed by atoms with Crippen LogP contribution in [0.3, 0.4) is 0 Å². The first-order chi connectivity index (χ1) is 3.79. The Kier molecular flexibility index (Phi) is 1.33. The van der Waals surface area contributed by atoms with Crippen LogP contribution in [0.1, 0.15) is 0 Å². The van der Waals surface area contributed by atoms with Crippen molar-refractivity contribution in [3.8, 4) is 0 Å². The van der Waals surface area contributed by atoms with E-state index in [0.717, 1.165) is 11.2 Å². The van der Waals surface area contributed by atoms with Crippen LogP contribution in [-0.2, 0) is 0 Å². The molecule has 0 spiro atoms. The molecule has 0 amide bonds. The third-order valence-corrected chi connectivity index (χ3v) is 0.941. The predicted octanol–water partition coefficient (Wildman–Crippen LogP) is -3.01. The zero-order chi connectivity index (χ0) is 5.98. The minimum atomic E-state index is 1.03. The first-order valence-corrected chi connectivity index (χ1v) is 2.54. The Bertz CT molecular complexity index is 172. The highest BCUT2D eigenvalue weighted by Gasteiger charge is 1.83. The summed E-state index contributed by atoms with van der Waals surface area (Å²) >= 11 is 0. The molecule has 0 radical (unpaired) electrons. The summed E-state index contributed by atoms with van der Waals surface area (Å²) in [5.74, 6) is 0. The monoisotopic (exact) mass is 104 g/mol. The second-order valence-corrected chi connectivity index (χ2v) is 1.80. The molecular weight excluding hydrogens is 97.7 g/mol. The van der Waals surface area contributed by atoms with Crippen LogP contribution in [0.4, 0.5) is 0 Å². The van der Waals surface area contributed by atoms with Gasteiger partial charge in [-0.25, -0.2) is 0 Å². The largest absolute Gasteiger partial charge is 0.252 e. The minimum absolute atomic E-state index is 1.03. The smallest absolute Gasteiger partial charge is 0.164 e. The second-order valence-electron chi connectivity index (χ2n) is 1.80. The van der Waals surface area contributed by atoms with Gasteiger partial charge >= 0.3 is 0 Å². The van der Waals surface area contributed by atoms with Crippen LogP contribution in [0.25, 0.3) is 0 Å². The van der Waals surface area contributed by atoms with Crippen LogP contribution in [-0.4, -0.2) is 25.7 Å². The molecule has 0 unspecified atom stereocenters. The van der Waals surface area contributed by atoms with Gasteiger partial charge in [0.1, 0.15) is 6.33 Å². The van der Waals surface area contributed by atoms with E-state index >= 15 is 0 Å². The summed E-state index contributed by atoms with van der Waals surface area (Å²) in [6, 6.07) is 1.94. The molecular formula is C4H6B2N2. The lowest BCUT2D eigenvalue weighted by atomic mass is 9.97. The number of hydrogen-bond donors (Lipinski definition) is 0. The Labute approximate surface area is 50.2 Å². The lowest BCUT2D eigenvalue weighted by molar-refractivity contribution is 1.23. The summed E-state index contributed by atoms with van der Waals surface area (Å²) in [5, 5.41) is 0. The van der Waals surface area contributed by atoms with Gasteiger partial charge in [0.2, 0.25) is 0 Å². The fraction of sp³-hybridized carbons (Fsp3) is 0. The average Bonchev–Trinajstić information content (AvgIpc) is 1.64. The molecule has 0 saturated carbocycles. The lowest BCUT2D eigenvalue weighted by Gasteiger charge is -1.89. The van der Waals surface area contributed by atoms with Crippen molar-refractivity contribution in [3.05, 3.63) is 12.4 Å². The van der Waals surface area contributed by atoms with Crippen molar-refractivity contribution in [1.29, 1.82) is 0 Å². The molecule has 1 rings (SSSR count). The van der Waals surface area contributed by atoms with E-state index in [4.69, 9.17) is 0 Å². The molecule has 1 aromatic heterocycles. The molecule has 0 N–H and O–H groups in total. The Balaban J connectivity index is 3.08. The topological polar surface area (TPSA) is 25.8 Å². The Morgan fingerprint density at radius 1 is 1.12 bits per heavy atom. The maximum Gasteiger partial charge on any atom is 0.164 e. The zero-order valence-corrected chi connectivity index (χ0v) is 5.05. The summed E-state index contributed by atoms with van der Waals surface area (Å²) in [5.41, 5.74) is 2.05. The summed E-state index contributed by atoms with van der Waals surface area (Å²) in [6.07, 6.45) is 1.57. The van der Waals surface area contributed by atoms with Crippen molar-refractivity contribution in [1.82, 2.24) is 9.97 Å². The number of aromatic nitrogens is 2. The van der Waals surface area contributed by atoms with E-state index in [1.165, 1.54) is 0 Å². The van der Waals surface area contributed by atoms with Crippen LogP contribution in [0, 0.1) is 0 Å². The van der Waals surface area contributed by atoms with Crippen LogP contribution in [0.15, 0.2) is 12.4 Å². The molecule has 0 atom stereocenters. The quantitative estimate of drug-likeness (QED) is 0.327. The molecule has 0 aromatic carbocycles. The molecule has 0 bridgehead atoms. The average molecular weight is 104 g/mol. The van der Waals surface area contributed by atoms with E-state index in [-0.39, 0.29) is 0 Å². The van der Waals surface area contributed by atoms with Gasteiger partial charge < -0.3 is 0 Å². The van der Waals surface area contributed by atoms with Crippen molar-refractivity contribution in [2.75, 3.05) is 0 Å². The summed E-state index contributed by atoms with van der Waals surface area (Å²) in [7, 11) is 3.91. The second kappa shape index (κ2) is 1.99. The van der Waals surface area contributed by atoms with E-state index < -0.39 is 0 Å². The highest BCUT2D eigenvalue weighted by molar-refractivity contribution is 6.35. The fourth-order valence-corrected chi connectivity index (χ4v) is 0.588. The summed E-state index contributed by atoms with van der Waals surface area (Å²) in [4.78, 5) is 7.86. The highest BCUT2D eigenvalue weighted by atomic mass is 14.8. The van der Waals surface area contributed by atoms with Crippen LogP contribution in [0.2, 0.25) is 0 Å². The molecule has 0 aliphatic carbocycles. The van der Waals surface area contributed by atoms with Gasteiger partial charge in [-0.3, -0.25) is 9.97 Å². The number of nitrogens with zero attached hydrogens (tertiary/aromatic N) is 2. The molecule has 0 aliphatic heterocycles. The molecule has 1 aromatic rings. The van der Waals surface area contributed by atoms with Crippen LogP contribution < -0.4 is 11.2 Å². The third-order valence-electron chi connectivity index (χ3n) is 0.941. The first kappa shape index (κ1) is 5.35. The maximum absolute atomic E-state index is 3.93. The van der Waals surface area contributed by atoms with Gasteiger partial charge in [-0.15, -0.1) is 0 Å². The molecule has 0 fully saturated rings. The zero-order valence-electron chi connectivity index (χ0n) is 5.05. The molecule has 0 aliphatic rings. The van der Waals surface area contributed by atoms with Crippen molar-refractivity contribution < 1.29 is 0 Å². The lowest BCUT2D eigenvalue weighted by Crippen LogP contribution is -2.18. The number of hydrogen-bond acceptors (Lipinski definition) is 2. The fourth-order valence-electron chi connectivity index (χ4n) is 0.588. The molecule has 2 nitrogen and oxygen atoms in total. The van der Waals surface area contributed by atoms with Gasteiger partial charge in [0.05, 0.1) is 0 Å². The molecule has 4 heteroatoms. The van der Waals surface area contributed by atoms with Gasteiger partial charge in [0.15, 0.2) is 15.7 Å². The Morgan fingerprint density at radius 3 is 1.88 bits per heavy atom. The van der Waals surface area contributed by atoms with E-state index in [9.17, 15) is 0 Å². The molecule has 38 valence electrons. The van der Waals surface area contributed by atoms with Gasteiger partial charge in [0, 0.05) is 0 Å². The third kappa shape index (κ3) is 1.09. The minimum Gasteiger partial charge on any atom is -0.252 e. The Morgan fingerprint density at radius 2 is 1.62 bits per heavy atom. The van der Waals surface area contributed by atoms with Crippen molar-refractivity contribution >= 4 is 26.9 Å².